The summed E-state index contributed by atoms with van der Waals surface area (Å²) in [5, 5.41) is 0. The number of ether oxygens (including phenoxy) is 3. The van der Waals surface area contributed by atoms with E-state index < -0.39 is 11.4 Å². The molecule has 0 aliphatic carbocycles. The molecule has 2 fully saturated rings. The Labute approximate surface area is 147 Å². The average Bonchev–Trinajstić information content (AvgIpc) is 2.91. The molecule has 0 aromatic carbocycles. The second-order valence-corrected chi connectivity index (χ2v) is 8.11. The van der Waals surface area contributed by atoms with Crippen LogP contribution in [0.4, 0.5) is 0 Å². The minimum Gasteiger partial charge on any atom is -0.456 e. The van der Waals surface area contributed by atoms with Gasteiger partial charge >= 0.3 is 5.97 Å². The number of esters is 1. The van der Waals surface area contributed by atoms with Crippen LogP contribution in [0.2, 0.25) is 0 Å². The smallest absolute Gasteiger partial charge is 0.309 e. The zero-order chi connectivity index (χ0) is 17.6. The molecular formula is C20H36O4. The summed E-state index contributed by atoms with van der Waals surface area (Å²) >= 11 is 0. The standard InChI is InChI=1S/C20H36O4/c1-5-6-7-8-9-10-11-13-20(14-12-16(2)18(21)24-20)17-15-22-19(3,4)23-17/h16-17H,5-15H2,1-4H3/t16-,17+,20+/m1/s1. The van der Waals surface area contributed by atoms with Crippen molar-refractivity contribution in [3.8, 4) is 0 Å². The minimum absolute atomic E-state index is 0.00232. The monoisotopic (exact) mass is 340 g/mol. The van der Waals surface area contributed by atoms with Crippen molar-refractivity contribution in [3.05, 3.63) is 0 Å². The van der Waals surface area contributed by atoms with Gasteiger partial charge in [0.05, 0.1) is 12.5 Å². The quantitative estimate of drug-likeness (QED) is 0.438. The van der Waals surface area contributed by atoms with Gasteiger partial charge in [0.15, 0.2) is 5.79 Å². The molecule has 2 aliphatic heterocycles. The van der Waals surface area contributed by atoms with Crippen molar-refractivity contribution < 1.29 is 19.0 Å². The highest BCUT2D eigenvalue weighted by Gasteiger charge is 2.51. The molecule has 2 aliphatic rings. The van der Waals surface area contributed by atoms with E-state index >= 15 is 0 Å². The summed E-state index contributed by atoms with van der Waals surface area (Å²) in [5.41, 5.74) is -0.485. The fraction of sp³-hybridized carbons (Fsp3) is 0.950. The Morgan fingerprint density at radius 3 is 2.33 bits per heavy atom. The molecule has 0 N–H and O–H groups in total. The molecule has 24 heavy (non-hydrogen) atoms. The third kappa shape index (κ3) is 5.19. The first-order chi connectivity index (χ1) is 11.4. The highest BCUT2D eigenvalue weighted by atomic mass is 16.8. The van der Waals surface area contributed by atoms with Crippen molar-refractivity contribution in [2.75, 3.05) is 6.61 Å². The molecule has 0 aromatic heterocycles. The highest BCUT2D eigenvalue weighted by molar-refractivity contribution is 5.73. The van der Waals surface area contributed by atoms with E-state index in [1.807, 2.05) is 20.8 Å². The number of carbonyl (C=O) groups excluding carboxylic acids is 1. The third-order valence-electron chi connectivity index (χ3n) is 5.51. The van der Waals surface area contributed by atoms with Gasteiger partial charge in [-0.3, -0.25) is 4.79 Å². The number of hydrogen-bond donors (Lipinski definition) is 0. The molecule has 0 spiro atoms. The van der Waals surface area contributed by atoms with Crippen molar-refractivity contribution in [2.24, 2.45) is 5.92 Å². The van der Waals surface area contributed by atoms with Crippen LogP contribution in [0.15, 0.2) is 0 Å². The lowest BCUT2D eigenvalue weighted by Gasteiger charge is -2.42. The van der Waals surface area contributed by atoms with Gasteiger partial charge in [-0.2, -0.15) is 0 Å². The third-order valence-corrected chi connectivity index (χ3v) is 5.51. The van der Waals surface area contributed by atoms with Crippen molar-refractivity contribution in [2.45, 2.75) is 109 Å². The SMILES string of the molecule is CCCCCCCCC[C@@]1([C@@H]2COC(C)(C)O2)CC[C@@H](C)C(=O)O1. The molecule has 0 unspecified atom stereocenters. The number of hydrogen-bond acceptors (Lipinski definition) is 4. The van der Waals surface area contributed by atoms with Gasteiger partial charge in [-0.15, -0.1) is 0 Å². The number of carbonyl (C=O) groups is 1. The molecule has 2 heterocycles. The van der Waals surface area contributed by atoms with Crippen LogP contribution in [0.25, 0.3) is 0 Å². The Morgan fingerprint density at radius 2 is 1.75 bits per heavy atom. The van der Waals surface area contributed by atoms with E-state index in [1.165, 1.54) is 38.5 Å². The fourth-order valence-corrected chi connectivity index (χ4v) is 3.82. The van der Waals surface area contributed by atoms with Crippen LogP contribution >= 0.6 is 0 Å². The van der Waals surface area contributed by atoms with E-state index in [0.717, 1.165) is 25.7 Å². The number of unbranched alkanes of at least 4 members (excludes halogenated alkanes) is 6. The molecule has 0 bridgehead atoms. The molecule has 0 saturated carbocycles. The number of rotatable bonds is 9. The highest BCUT2D eigenvalue weighted by Crippen LogP contribution is 2.41. The van der Waals surface area contributed by atoms with Crippen molar-refractivity contribution in [1.29, 1.82) is 0 Å². The molecule has 2 saturated heterocycles. The van der Waals surface area contributed by atoms with Gasteiger partial charge in [-0.1, -0.05) is 52.4 Å². The Bertz CT molecular complexity index is 406. The largest absolute Gasteiger partial charge is 0.456 e. The van der Waals surface area contributed by atoms with E-state index in [2.05, 4.69) is 6.92 Å². The lowest BCUT2D eigenvalue weighted by molar-refractivity contribution is -0.208. The van der Waals surface area contributed by atoms with E-state index in [-0.39, 0.29) is 18.0 Å². The summed E-state index contributed by atoms with van der Waals surface area (Å²) in [6.45, 7) is 8.58. The molecular weight excluding hydrogens is 304 g/mol. The lowest BCUT2D eigenvalue weighted by Crippen LogP contribution is -2.52. The molecule has 0 aromatic rings. The van der Waals surface area contributed by atoms with Gasteiger partial charge in [-0.25, -0.2) is 0 Å². The predicted molar refractivity (Wildman–Crippen MR) is 94.7 cm³/mol. The van der Waals surface area contributed by atoms with Gasteiger partial charge in [0, 0.05) is 0 Å². The van der Waals surface area contributed by atoms with Crippen molar-refractivity contribution in [1.82, 2.24) is 0 Å². The first-order valence-electron chi connectivity index (χ1n) is 9.93. The van der Waals surface area contributed by atoms with E-state index in [9.17, 15) is 4.79 Å². The van der Waals surface area contributed by atoms with Crippen LogP contribution in [0.1, 0.15) is 91.9 Å². The molecule has 140 valence electrons. The molecule has 4 heteroatoms. The van der Waals surface area contributed by atoms with Crippen LogP contribution < -0.4 is 0 Å². The predicted octanol–water partition coefficient (Wildman–Crippen LogP) is 4.99. The van der Waals surface area contributed by atoms with Gasteiger partial charge in [0.25, 0.3) is 0 Å². The van der Waals surface area contributed by atoms with Gasteiger partial charge in [0.2, 0.25) is 0 Å². The second-order valence-electron chi connectivity index (χ2n) is 8.11. The van der Waals surface area contributed by atoms with Crippen molar-refractivity contribution >= 4 is 5.97 Å². The van der Waals surface area contributed by atoms with Crippen LogP contribution in [-0.4, -0.2) is 30.1 Å². The molecule has 0 amide bonds. The van der Waals surface area contributed by atoms with Crippen molar-refractivity contribution in [3.63, 3.8) is 0 Å². The number of cyclic esters (lactones) is 1. The zero-order valence-electron chi connectivity index (χ0n) is 16.1. The van der Waals surface area contributed by atoms with E-state index in [1.54, 1.807) is 0 Å². The van der Waals surface area contributed by atoms with E-state index in [4.69, 9.17) is 14.2 Å². The Hall–Kier alpha value is -0.610. The van der Waals surface area contributed by atoms with E-state index in [0.29, 0.717) is 6.61 Å². The first kappa shape index (κ1) is 19.7. The first-order valence-corrected chi connectivity index (χ1v) is 9.93. The molecule has 0 radical (unpaired) electrons. The summed E-state index contributed by atoms with van der Waals surface area (Å²) < 4.78 is 17.8. The van der Waals surface area contributed by atoms with Gasteiger partial charge in [-0.05, 0) is 39.5 Å². The van der Waals surface area contributed by atoms with Crippen LogP contribution in [-0.2, 0) is 19.0 Å². The fourth-order valence-electron chi connectivity index (χ4n) is 3.82. The average molecular weight is 341 g/mol. The summed E-state index contributed by atoms with van der Waals surface area (Å²) in [6.07, 6.45) is 11.4. The van der Waals surface area contributed by atoms with Gasteiger partial charge < -0.3 is 14.2 Å². The summed E-state index contributed by atoms with van der Waals surface area (Å²) in [6, 6.07) is 0. The topological polar surface area (TPSA) is 44.8 Å². The molecule has 3 atom stereocenters. The lowest BCUT2D eigenvalue weighted by atomic mass is 9.81. The van der Waals surface area contributed by atoms with Crippen LogP contribution in [0, 0.1) is 5.92 Å². The summed E-state index contributed by atoms with van der Waals surface area (Å²) in [5.74, 6) is -0.646. The maximum atomic E-state index is 12.2. The normalized spacial score (nSPS) is 32.8. The Morgan fingerprint density at radius 1 is 1.08 bits per heavy atom. The summed E-state index contributed by atoms with van der Waals surface area (Å²) in [7, 11) is 0. The Balaban J connectivity index is 1.88. The van der Waals surface area contributed by atoms with Gasteiger partial charge in [0.1, 0.15) is 11.7 Å². The molecule has 4 nitrogen and oxygen atoms in total. The molecule has 2 rings (SSSR count). The zero-order valence-corrected chi connectivity index (χ0v) is 16.1. The Kier molecular flexibility index (Phi) is 7.11. The maximum Gasteiger partial charge on any atom is 0.309 e. The summed E-state index contributed by atoms with van der Waals surface area (Å²) in [4.78, 5) is 12.2. The second kappa shape index (κ2) is 8.66. The maximum absolute atomic E-state index is 12.2. The van der Waals surface area contributed by atoms with Crippen LogP contribution in [0.3, 0.4) is 0 Å². The van der Waals surface area contributed by atoms with Crippen LogP contribution in [0.5, 0.6) is 0 Å². The minimum atomic E-state index is -0.576.